The number of hydrogen-bond donors (Lipinski definition) is 2. The molecule has 2 N–H and O–H groups in total. The van der Waals surface area contributed by atoms with Crippen molar-refractivity contribution in [1.82, 2.24) is 19.9 Å². The molecule has 0 unspecified atom stereocenters. The number of carbonyl (C=O) groups excluding carboxylic acids is 2. The highest BCUT2D eigenvalue weighted by atomic mass is 35.5. The third-order valence-corrected chi connectivity index (χ3v) is 4.93. The molecule has 0 radical (unpaired) electrons. The maximum absolute atomic E-state index is 12.2. The second kappa shape index (κ2) is 5.31. The van der Waals surface area contributed by atoms with Gasteiger partial charge in [-0.2, -0.15) is 0 Å². The summed E-state index contributed by atoms with van der Waals surface area (Å²) in [6.45, 7) is 3.05. The van der Waals surface area contributed by atoms with E-state index in [0.29, 0.717) is 11.2 Å². The van der Waals surface area contributed by atoms with Gasteiger partial charge in [-0.1, -0.05) is 0 Å². The van der Waals surface area contributed by atoms with E-state index >= 15 is 0 Å². The van der Waals surface area contributed by atoms with Crippen LogP contribution >= 0.6 is 23.2 Å². The molecule has 2 aromatic rings. The minimum absolute atomic E-state index is 0.252. The first-order chi connectivity index (χ1) is 10.7. The summed E-state index contributed by atoms with van der Waals surface area (Å²) in [5.74, 6) is -0.895. The number of ether oxygens (including phenoxy) is 1. The minimum Gasteiger partial charge on any atom is -0.452 e. The molecule has 2 atom stereocenters. The lowest BCUT2D eigenvalue weighted by atomic mass is 10.1. The van der Waals surface area contributed by atoms with Crippen molar-refractivity contribution in [3.05, 3.63) is 12.7 Å². The Hall–Kier alpha value is -1.93. The highest BCUT2D eigenvalue weighted by Crippen LogP contribution is 2.64. The molecular weight excluding hydrogens is 345 g/mol. The maximum atomic E-state index is 12.2. The number of carbonyl (C=O) groups is 2. The van der Waals surface area contributed by atoms with E-state index in [-0.39, 0.29) is 12.2 Å². The predicted octanol–water partition coefficient (Wildman–Crippen LogP) is 1.81. The number of hydrogen-bond acceptors (Lipinski definition) is 6. The minimum atomic E-state index is -1.14. The quantitative estimate of drug-likeness (QED) is 0.637. The molecule has 0 bridgehead atoms. The Morgan fingerprint density at radius 1 is 1.39 bits per heavy atom. The van der Waals surface area contributed by atoms with Crippen LogP contribution in [-0.4, -0.2) is 42.2 Å². The summed E-state index contributed by atoms with van der Waals surface area (Å²) in [5.41, 5.74) is -0.0930. The van der Waals surface area contributed by atoms with Gasteiger partial charge in [-0.15, -0.1) is 23.2 Å². The zero-order valence-corrected chi connectivity index (χ0v) is 13.8. The molecule has 0 aliphatic heterocycles. The standard InChI is InChI=1S/C13H13Cl2N5O3/c1-6(23-11(22)12(2)3-13(12,14)15)10(21)20-9-7-8(17-4-16-7)18-5-19-9/h4-6H,3H2,1-2H3,(H2,16,17,18,19,20,21)/t6-,12+/m1/s1. The molecule has 1 amide bonds. The van der Waals surface area contributed by atoms with E-state index in [1.807, 2.05) is 0 Å². The first-order valence-electron chi connectivity index (χ1n) is 6.78. The second-order valence-electron chi connectivity index (χ2n) is 5.57. The SMILES string of the molecule is C[C@@H](OC(=O)[C@]1(C)CC1(Cl)Cl)C(=O)Nc1ncnc2nc[nH]c12. The van der Waals surface area contributed by atoms with Crippen molar-refractivity contribution in [2.75, 3.05) is 5.32 Å². The number of imidazole rings is 1. The molecule has 2 aromatic heterocycles. The van der Waals surface area contributed by atoms with Crippen molar-refractivity contribution in [3.8, 4) is 0 Å². The molecule has 1 aliphatic carbocycles. The van der Waals surface area contributed by atoms with Crippen LogP contribution in [-0.2, 0) is 14.3 Å². The molecular formula is C13H13Cl2N5O3. The molecule has 1 aliphatic rings. The lowest BCUT2D eigenvalue weighted by molar-refractivity contribution is -0.158. The molecule has 122 valence electrons. The maximum Gasteiger partial charge on any atom is 0.315 e. The van der Waals surface area contributed by atoms with Gasteiger partial charge in [0.05, 0.1) is 6.33 Å². The first-order valence-corrected chi connectivity index (χ1v) is 7.54. The van der Waals surface area contributed by atoms with E-state index in [1.54, 1.807) is 6.92 Å². The highest BCUT2D eigenvalue weighted by molar-refractivity contribution is 6.53. The van der Waals surface area contributed by atoms with Gasteiger partial charge < -0.3 is 15.0 Å². The number of rotatable bonds is 4. The average molecular weight is 358 g/mol. The third-order valence-electron chi connectivity index (χ3n) is 3.83. The van der Waals surface area contributed by atoms with Crippen LogP contribution in [0.2, 0.25) is 0 Å². The Kier molecular flexibility index (Phi) is 3.68. The summed E-state index contributed by atoms with van der Waals surface area (Å²) in [6, 6.07) is 0. The summed E-state index contributed by atoms with van der Waals surface area (Å²) in [5, 5.41) is 2.56. The number of nitrogens with zero attached hydrogens (tertiary/aromatic N) is 3. The predicted molar refractivity (Wildman–Crippen MR) is 83.0 cm³/mol. The van der Waals surface area contributed by atoms with Crippen LogP contribution in [0.4, 0.5) is 5.82 Å². The molecule has 2 heterocycles. The topological polar surface area (TPSA) is 110 Å². The molecule has 8 nitrogen and oxygen atoms in total. The Bertz CT molecular complexity index is 793. The fourth-order valence-corrected chi connectivity index (χ4v) is 2.73. The molecule has 23 heavy (non-hydrogen) atoms. The lowest BCUT2D eigenvalue weighted by Crippen LogP contribution is -2.33. The van der Waals surface area contributed by atoms with Gasteiger partial charge in [0.25, 0.3) is 5.91 Å². The number of halogens is 2. The lowest BCUT2D eigenvalue weighted by Gasteiger charge is -2.17. The van der Waals surface area contributed by atoms with Gasteiger partial charge in [0.15, 0.2) is 17.6 Å². The van der Waals surface area contributed by atoms with E-state index in [2.05, 4.69) is 25.3 Å². The van der Waals surface area contributed by atoms with Crippen LogP contribution in [0.5, 0.6) is 0 Å². The molecule has 0 aromatic carbocycles. The van der Waals surface area contributed by atoms with E-state index in [1.165, 1.54) is 19.6 Å². The second-order valence-corrected chi connectivity index (χ2v) is 7.06. The van der Waals surface area contributed by atoms with Gasteiger partial charge in [0, 0.05) is 6.42 Å². The average Bonchev–Trinajstić information content (AvgIpc) is 2.86. The number of aromatic amines is 1. The van der Waals surface area contributed by atoms with E-state index in [9.17, 15) is 9.59 Å². The van der Waals surface area contributed by atoms with Crippen molar-refractivity contribution >= 4 is 52.1 Å². The van der Waals surface area contributed by atoms with E-state index in [4.69, 9.17) is 27.9 Å². The smallest absolute Gasteiger partial charge is 0.315 e. The van der Waals surface area contributed by atoms with Gasteiger partial charge >= 0.3 is 5.97 Å². The van der Waals surface area contributed by atoms with Crippen molar-refractivity contribution < 1.29 is 14.3 Å². The summed E-state index contributed by atoms with van der Waals surface area (Å²) >= 11 is 11.8. The fourth-order valence-electron chi connectivity index (χ4n) is 2.04. The van der Waals surface area contributed by atoms with Gasteiger partial charge in [0.2, 0.25) is 0 Å². The first kappa shape index (κ1) is 15.9. The number of nitrogens with one attached hydrogen (secondary N) is 2. The zero-order chi connectivity index (χ0) is 16.8. The van der Waals surface area contributed by atoms with Crippen molar-refractivity contribution in [2.45, 2.75) is 30.7 Å². The summed E-state index contributed by atoms with van der Waals surface area (Å²) in [7, 11) is 0. The molecule has 3 rings (SSSR count). The van der Waals surface area contributed by atoms with Crippen molar-refractivity contribution in [2.24, 2.45) is 5.41 Å². The number of esters is 1. The van der Waals surface area contributed by atoms with Crippen LogP contribution in [0.1, 0.15) is 20.3 Å². The highest BCUT2D eigenvalue weighted by Gasteiger charge is 2.69. The zero-order valence-electron chi connectivity index (χ0n) is 12.3. The molecule has 1 fully saturated rings. The Morgan fingerprint density at radius 2 is 2.09 bits per heavy atom. The van der Waals surface area contributed by atoms with Crippen LogP contribution in [0.15, 0.2) is 12.7 Å². The van der Waals surface area contributed by atoms with Crippen molar-refractivity contribution in [1.29, 1.82) is 0 Å². The summed E-state index contributed by atoms with van der Waals surface area (Å²) < 4.78 is 4.01. The number of alkyl halides is 2. The molecule has 10 heteroatoms. The van der Waals surface area contributed by atoms with Gasteiger partial charge in [-0.25, -0.2) is 15.0 Å². The number of anilines is 1. The van der Waals surface area contributed by atoms with Crippen LogP contribution < -0.4 is 5.32 Å². The number of amides is 1. The van der Waals surface area contributed by atoms with Crippen LogP contribution in [0, 0.1) is 5.41 Å². The van der Waals surface area contributed by atoms with Gasteiger partial charge in [-0.3, -0.25) is 9.59 Å². The normalized spacial score (nSPS) is 23.3. The number of H-pyrrole nitrogens is 1. The monoisotopic (exact) mass is 357 g/mol. The van der Waals surface area contributed by atoms with Crippen LogP contribution in [0.3, 0.4) is 0 Å². The summed E-state index contributed by atoms with van der Waals surface area (Å²) in [4.78, 5) is 38.9. The van der Waals surface area contributed by atoms with E-state index < -0.39 is 27.7 Å². The molecule has 1 saturated carbocycles. The Balaban J connectivity index is 1.67. The molecule has 0 saturated heterocycles. The third kappa shape index (κ3) is 2.72. The Morgan fingerprint density at radius 3 is 2.74 bits per heavy atom. The van der Waals surface area contributed by atoms with Crippen LogP contribution in [0.25, 0.3) is 11.2 Å². The largest absolute Gasteiger partial charge is 0.452 e. The van der Waals surface area contributed by atoms with Crippen molar-refractivity contribution in [3.63, 3.8) is 0 Å². The Labute approximate surface area is 140 Å². The number of aromatic nitrogens is 4. The number of fused-ring (bicyclic) bond motifs is 1. The van der Waals surface area contributed by atoms with Gasteiger partial charge in [0.1, 0.15) is 21.6 Å². The summed E-state index contributed by atoms with van der Waals surface area (Å²) in [6.07, 6.45) is 1.97. The fraction of sp³-hybridized carbons (Fsp3) is 0.462. The van der Waals surface area contributed by atoms with Gasteiger partial charge in [-0.05, 0) is 13.8 Å². The van der Waals surface area contributed by atoms with E-state index in [0.717, 1.165) is 0 Å². The molecule has 0 spiro atoms.